The molecule has 1 radical (unpaired) electrons. The molecule has 0 aromatic heterocycles. The Labute approximate surface area is 75.8 Å². The summed E-state index contributed by atoms with van der Waals surface area (Å²) in [4.78, 5) is 0. The topological polar surface area (TPSA) is 0 Å². The van der Waals surface area contributed by atoms with Crippen LogP contribution >= 0.6 is 9.80 Å². The molecule has 0 unspecified atom stereocenters. The number of rotatable bonds is 1. The molecule has 7 heavy (non-hydrogen) atoms. The summed E-state index contributed by atoms with van der Waals surface area (Å²) in [6.07, 6.45) is 3.32. The van der Waals surface area contributed by atoms with E-state index in [9.17, 15) is 0 Å². The third-order valence-electron chi connectivity index (χ3n) is 0.408. The summed E-state index contributed by atoms with van der Waals surface area (Å²) in [5.41, 5.74) is 0. The third kappa shape index (κ3) is 34.7. The molecule has 0 amide bonds. The molecule has 0 fully saturated rings. The molecule has 37 valence electrons. The van der Waals surface area contributed by atoms with Crippen LogP contribution in [0.4, 0.5) is 0 Å². The number of hydrogen-bond donors (Lipinski definition) is 0. The van der Waals surface area contributed by atoms with E-state index in [0.717, 1.165) is 0 Å². The molecule has 0 aromatic rings. The molecule has 0 aromatic carbocycles. The van der Waals surface area contributed by atoms with E-state index in [2.05, 4.69) is 30.1 Å². The van der Waals surface area contributed by atoms with Crippen molar-refractivity contribution >= 4 is 49.6 Å². The Balaban J connectivity index is -0.0000000480. The normalized spacial score (nSPS) is 5.29. The Morgan fingerprint density at radius 1 is 1.57 bits per heavy atom. The summed E-state index contributed by atoms with van der Waals surface area (Å²) >= 11 is 1.47. The van der Waals surface area contributed by atoms with Gasteiger partial charge in [0.15, 0.2) is 0 Å². The largest absolute Gasteiger partial charge is 0.316 e. The number of unbranched alkanes of at least 4 members (excludes halogenated alkanes) is 1. The van der Waals surface area contributed by atoms with Gasteiger partial charge < -0.3 is 0 Å². The Kier molecular flexibility index (Phi) is 57.5. The first-order valence-corrected chi connectivity index (χ1v) is 2.83. The molecule has 0 aliphatic carbocycles. The maximum Gasteiger partial charge on any atom is 0.316 e. The standard InChI is InChI=1S/C4H9.ClH.Li.Mg.2H/c1-3-4-2;;;;;/h3H,4H2,1-2H3;1H;;;;/q;;+1;;;/p-1. The number of hydrogen-bond acceptors (Lipinski definition) is 0. The van der Waals surface area contributed by atoms with E-state index < -0.39 is 0 Å². The molecule has 0 heterocycles. The van der Waals surface area contributed by atoms with Gasteiger partial charge in [-0.3, -0.25) is 0 Å². The van der Waals surface area contributed by atoms with Crippen molar-refractivity contribution < 1.29 is 0 Å². The van der Waals surface area contributed by atoms with Gasteiger partial charge in [0, 0.05) is 0 Å². The molecule has 0 bridgehead atoms. The van der Waals surface area contributed by atoms with E-state index >= 15 is 0 Å². The molecule has 0 aliphatic heterocycles. The van der Waals surface area contributed by atoms with Crippen LogP contribution in [0.2, 0.25) is 0 Å². The Hall–Kier alpha value is 1.65. The zero-order chi connectivity index (χ0) is 5.41. The summed E-state index contributed by atoms with van der Waals surface area (Å²) < 4.78 is 0. The Bertz CT molecular complexity index is 13.7. The van der Waals surface area contributed by atoms with E-state index in [-0.39, 0.29) is 23.1 Å². The van der Waals surface area contributed by atoms with Gasteiger partial charge in [0.1, 0.15) is 0 Å². The van der Waals surface area contributed by atoms with Crippen LogP contribution in [-0.4, -0.2) is 39.8 Å². The molecule has 0 N–H and O–H groups in total. The minimum Gasteiger partial charge on any atom is 0.316 e. The van der Waals surface area contributed by atoms with E-state index in [1.807, 2.05) is 0 Å². The zero-order valence-electron chi connectivity index (χ0n) is 4.66. The van der Waals surface area contributed by atoms with Gasteiger partial charge in [0.05, 0.1) is 0 Å². The number of halogens is 1. The van der Waals surface area contributed by atoms with E-state index in [1.165, 1.54) is 23.2 Å². The fourth-order valence-corrected chi connectivity index (χ4v) is 0. The first-order chi connectivity index (χ1) is 2.91. The van der Waals surface area contributed by atoms with Crippen LogP contribution in [0.15, 0.2) is 0 Å². The molecule has 0 saturated carbocycles. The quantitative estimate of drug-likeness (QED) is 0.460. The molecule has 0 saturated heterocycles. The zero-order valence-corrected chi connectivity index (χ0v) is 5.42. The van der Waals surface area contributed by atoms with Gasteiger partial charge in [-0.25, -0.2) is 0 Å². The van der Waals surface area contributed by atoms with Gasteiger partial charge in [-0.1, -0.05) is 20.3 Å². The molecule has 0 aliphatic rings. The summed E-state index contributed by atoms with van der Waals surface area (Å²) in [6.45, 7) is 4.18. The van der Waals surface area contributed by atoms with Crippen LogP contribution in [-0.2, 0) is 0 Å². The van der Waals surface area contributed by atoms with Crippen LogP contribution in [0.25, 0.3) is 0 Å². The second-order valence-electron chi connectivity index (χ2n) is 0.816. The monoisotopic (exact) mass is 125 g/mol. The molecular formula is C4H11ClLiMg. The molecule has 3 heteroatoms. The molecule has 0 nitrogen and oxygen atoms in total. The van der Waals surface area contributed by atoms with E-state index in [4.69, 9.17) is 0 Å². The van der Waals surface area contributed by atoms with Crippen molar-refractivity contribution in [1.82, 2.24) is 0 Å². The predicted octanol–water partition coefficient (Wildman–Crippen LogP) is 1.01. The van der Waals surface area contributed by atoms with Crippen LogP contribution < -0.4 is 0 Å². The molecule has 0 atom stereocenters. The Morgan fingerprint density at radius 2 is 1.71 bits per heavy atom. The van der Waals surface area contributed by atoms with Gasteiger partial charge in [0.2, 0.25) is 0 Å². The van der Waals surface area contributed by atoms with Crippen LogP contribution in [0, 0.1) is 6.42 Å². The SMILES string of the molecule is C[CH]CC.[Li][Cl].[MgH2]. The van der Waals surface area contributed by atoms with Crippen molar-refractivity contribution in [3.05, 3.63) is 6.42 Å². The first-order valence-electron chi connectivity index (χ1n) is 2.07. The van der Waals surface area contributed by atoms with Crippen LogP contribution in [0.3, 0.4) is 0 Å². The van der Waals surface area contributed by atoms with Crippen molar-refractivity contribution in [2.24, 2.45) is 0 Å². The van der Waals surface area contributed by atoms with E-state index in [0.29, 0.717) is 0 Å². The summed E-state index contributed by atoms with van der Waals surface area (Å²) in [5, 5.41) is 0. The summed E-state index contributed by atoms with van der Waals surface area (Å²) in [7, 11) is 4.64. The van der Waals surface area contributed by atoms with Crippen molar-refractivity contribution in [3.63, 3.8) is 0 Å². The fraction of sp³-hybridized carbons (Fsp3) is 0.750. The van der Waals surface area contributed by atoms with Gasteiger partial charge >= 0.3 is 49.6 Å². The van der Waals surface area contributed by atoms with Crippen LogP contribution in [0.1, 0.15) is 20.3 Å². The van der Waals surface area contributed by atoms with Crippen molar-refractivity contribution in [2.45, 2.75) is 20.3 Å². The average Bonchev–Trinajstić information content (AvgIpc) is 1.72. The predicted molar refractivity (Wildman–Crippen MR) is 40.4 cm³/mol. The minimum absolute atomic E-state index is 0. The molecule has 0 rings (SSSR count). The van der Waals surface area contributed by atoms with Crippen LogP contribution in [0.5, 0.6) is 0 Å². The Morgan fingerprint density at radius 3 is 1.71 bits per heavy atom. The molecular weight excluding hydrogens is 115 g/mol. The van der Waals surface area contributed by atoms with Crippen molar-refractivity contribution in [3.8, 4) is 0 Å². The van der Waals surface area contributed by atoms with Gasteiger partial charge in [-0.15, -0.1) is 0 Å². The maximum atomic E-state index is 4.64. The fourth-order valence-electron chi connectivity index (χ4n) is 0. The minimum atomic E-state index is 0. The van der Waals surface area contributed by atoms with Gasteiger partial charge in [-0.05, 0) is 6.42 Å². The second kappa shape index (κ2) is 25.4. The average molecular weight is 126 g/mol. The first kappa shape index (κ1) is 15.9. The van der Waals surface area contributed by atoms with Crippen molar-refractivity contribution in [2.75, 3.05) is 0 Å². The van der Waals surface area contributed by atoms with Crippen molar-refractivity contribution in [1.29, 1.82) is 0 Å². The van der Waals surface area contributed by atoms with Gasteiger partial charge in [-0.2, -0.15) is 0 Å². The smallest absolute Gasteiger partial charge is 0.316 e. The summed E-state index contributed by atoms with van der Waals surface area (Å²) in [5.74, 6) is 0. The third-order valence-corrected chi connectivity index (χ3v) is 0.408. The van der Waals surface area contributed by atoms with Gasteiger partial charge in [0.25, 0.3) is 0 Å². The second-order valence-corrected chi connectivity index (χ2v) is 0.816. The summed E-state index contributed by atoms with van der Waals surface area (Å²) in [6, 6.07) is 0. The molecule has 0 spiro atoms. The van der Waals surface area contributed by atoms with E-state index in [1.54, 1.807) is 0 Å². The maximum absolute atomic E-state index is 4.64.